The first-order valence-electron chi connectivity index (χ1n) is 7.60. The van der Waals surface area contributed by atoms with E-state index in [1.54, 1.807) is 0 Å². The number of hydrogen-bond acceptors (Lipinski definition) is 4. The molecule has 20 heavy (non-hydrogen) atoms. The zero-order valence-corrected chi connectivity index (χ0v) is 12.5. The molecule has 0 aromatic heterocycles. The lowest BCUT2D eigenvalue weighted by Crippen LogP contribution is -2.53. The Kier molecular flexibility index (Phi) is 3.71. The molecule has 1 aromatic carbocycles. The summed E-state index contributed by atoms with van der Waals surface area (Å²) in [4.78, 5) is 2.54. The lowest BCUT2D eigenvalue weighted by atomic mass is 9.86. The number of nitrogens with zero attached hydrogens (tertiary/aromatic N) is 1. The number of hydrogen-bond donors (Lipinski definition) is 2. The molecule has 0 aliphatic carbocycles. The first-order chi connectivity index (χ1) is 9.63. The summed E-state index contributed by atoms with van der Waals surface area (Å²) < 4.78 is 5.59. The lowest BCUT2D eigenvalue weighted by molar-refractivity contribution is 0.107. The number of hydrazine groups is 1. The molecule has 0 spiro atoms. The second-order valence-electron chi connectivity index (χ2n) is 6.41. The highest BCUT2D eigenvalue weighted by atomic mass is 16.5. The maximum atomic E-state index is 5.90. The molecular formula is C16H25N3O. The topological polar surface area (TPSA) is 50.5 Å². The third kappa shape index (κ3) is 2.32. The zero-order valence-electron chi connectivity index (χ0n) is 12.5. The summed E-state index contributed by atoms with van der Waals surface area (Å²) in [5.74, 6) is 6.93. The van der Waals surface area contributed by atoms with Crippen molar-refractivity contribution in [2.24, 2.45) is 5.84 Å². The molecule has 2 aliphatic rings. The van der Waals surface area contributed by atoms with Crippen molar-refractivity contribution < 1.29 is 4.74 Å². The molecule has 4 nitrogen and oxygen atoms in total. The normalized spacial score (nSPS) is 20.8. The average molecular weight is 275 g/mol. The highest BCUT2D eigenvalue weighted by Crippen LogP contribution is 2.35. The molecule has 110 valence electrons. The molecule has 1 saturated heterocycles. The number of fused-ring (bicyclic) bond motifs is 1. The Morgan fingerprint density at radius 2 is 2.05 bits per heavy atom. The molecule has 2 heterocycles. The van der Waals surface area contributed by atoms with Gasteiger partial charge in [-0.15, -0.1) is 0 Å². The number of ether oxygens (including phenoxy) is 1. The summed E-state index contributed by atoms with van der Waals surface area (Å²) in [6, 6.07) is 6.62. The molecule has 0 bridgehead atoms. The van der Waals surface area contributed by atoms with E-state index in [0.717, 1.165) is 18.8 Å². The van der Waals surface area contributed by atoms with Crippen LogP contribution >= 0.6 is 0 Å². The molecule has 1 unspecified atom stereocenters. The maximum Gasteiger partial charge on any atom is 0.122 e. The molecule has 4 heteroatoms. The van der Waals surface area contributed by atoms with E-state index in [2.05, 4.69) is 42.4 Å². The predicted molar refractivity (Wildman–Crippen MR) is 80.6 cm³/mol. The Labute approximate surface area is 121 Å². The highest BCUT2D eigenvalue weighted by Gasteiger charge is 2.37. The van der Waals surface area contributed by atoms with E-state index in [1.165, 1.54) is 37.1 Å². The third-order valence-corrected chi connectivity index (χ3v) is 4.84. The van der Waals surface area contributed by atoms with Gasteiger partial charge in [0.25, 0.3) is 0 Å². The first-order valence-corrected chi connectivity index (χ1v) is 7.60. The fraction of sp³-hybridized carbons (Fsp3) is 0.625. The van der Waals surface area contributed by atoms with Crippen LogP contribution in [-0.2, 0) is 6.42 Å². The van der Waals surface area contributed by atoms with Gasteiger partial charge >= 0.3 is 0 Å². The van der Waals surface area contributed by atoms with Crippen LogP contribution in [0.3, 0.4) is 0 Å². The summed E-state index contributed by atoms with van der Waals surface area (Å²) in [5.41, 5.74) is 5.62. The van der Waals surface area contributed by atoms with Gasteiger partial charge in [-0.2, -0.15) is 0 Å². The summed E-state index contributed by atoms with van der Waals surface area (Å²) in [6.07, 6.45) is 3.59. The van der Waals surface area contributed by atoms with Gasteiger partial charge in [-0.05, 0) is 57.0 Å². The fourth-order valence-corrected chi connectivity index (χ4v) is 3.57. The van der Waals surface area contributed by atoms with E-state index in [4.69, 9.17) is 10.6 Å². The molecule has 3 N–H and O–H groups in total. The Balaban J connectivity index is 1.88. The molecule has 1 atom stereocenters. The Morgan fingerprint density at radius 3 is 2.75 bits per heavy atom. The quantitative estimate of drug-likeness (QED) is 0.652. The van der Waals surface area contributed by atoms with Crippen LogP contribution in [0.2, 0.25) is 0 Å². The fourth-order valence-electron chi connectivity index (χ4n) is 3.57. The van der Waals surface area contributed by atoms with Crippen LogP contribution in [0.1, 0.15) is 43.9 Å². The maximum absolute atomic E-state index is 5.90. The summed E-state index contributed by atoms with van der Waals surface area (Å²) >= 11 is 0. The second-order valence-corrected chi connectivity index (χ2v) is 6.41. The molecule has 1 aromatic rings. The van der Waals surface area contributed by atoms with Crippen molar-refractivity contribution in [1.29, 1.82) is 0 Å². The largest absolute Gasteiger partial charge is 0.493 e. The highest BCUT2D eigenvalue weighted by molar-refractivity contribution is 5.41. The number of nitrogens with two attached hydrogens (primary N) is 1. The van der Waals surface area contributed by atoms with Crippen molar-refractivity contribution >= 4 is 0 Å². The first kappa shape index (κ1) is 13.9. The van der Waals surface area contributed by atoms with Crippen molar-refractivity contribution in [3.05, 3.63) is 29.3 Å². The van der Waals surface area contributed by atoms with Crippen LogP contribution in [0.5, 0.6) is 5.75 Å². The minimum Gasteiger partial charge on any atom is -0.493 e. The van der Waals surface area contributed by atoms with Crippen LogP contribution in [-0.4, -0.2) is 30.1 Å². The van der Waals surface area contributed by atoms with Crippen LogP contribution in [0, 0.1) is 0 Å². The number of rotatable bonds is 4. The molecule has 0 amide bonds. The monoisotopic (exact) mass is 275 g/mol. The zero-order chi connectivity index (χ0) is 14.2. The Hall–Kier alpha value is -1.10. The van der Waals surface area contributed by atoms with Crippen LogP contribution < -0.4 is 16.0 Å². The van der Waals surface area contributed by atoms with Crippen molar-refractivity contribution in [1.82, 2.24) is 10.3 Å². The van der Waals surface area contributed by atoms with Gasteiger partial charge in [0.1, 0.15) is 5.75 Å². The van der Waals surface area contributed by atoms with Crippen LogP contribution in [0.4, 0.5) is 0 Å². The number of likely N-dealkylation sites (tertiary alicyclic amines) is 1. The second kappa shape index (κ2) is 5.35. The summed E-state index contributed by atoms with van der Waals surface area (Å²) in [7, 11) is 0. The summed E-state index contributed by atoms with van der Waals surface area (Å²) in [5, 5.41) is 0. The molecule has 0 radical (unpaired) electrons. The van der Waals surface area contributed by atoms with E-state index >= 15 is 0 Å². The van der Waals surface area contributed by atoms with Gasteiger partial charge in [-0.3, -0.25) is 16.2 Å². The van der Waals surface area contributed by atoms with Gasteiger partial charge in [0, 0.05) is 12.0 Å². The van der Waals surface area contributed by atoms with E-state index in [-0.39, 0.29) is 11.6 Å². The van der Waals surface area contributed by atoms with Crippen LogP contribution in [0.15, 0.2) is 18.2 Å². The minimum atomic E-state index is 0.0128. The number of benzene rings is 1. The van der Waals surface area contributed by atoms with E-state index in [0.29, 0.717) is 0 Å². The van der Waals surface area contributed by atoms with Gasteiger partial charge in [0.2, 0.25) is 0 Å². The standard InChI is InChI=1S/C16H25N3O/c1-16(2,19-8-3-4-9-19)15(18-17)13-5-6-14-12(11-13)7-10-20-14/h5-6,11,15,18H,3-4,7-10,17H2,1-2H3. The minimum absolute atomic E-state index is 0.0128. The predicted octanol–water partition coefficient (Wildman–Crippen LogP) is 2.00. The van der Waals surface area contributed by atoms with E-state index < -0.39 is 0 Å². The van der Waals surface area contributed by atoms with Gasteiger partial charge in [-0.1, -0.05) is 12.1 Å². The lowest BCUT2D eigenvalue weighted by Gasteiger charge is -2.42. The van der Waals surface area contributed by atoms with Gasteiger partial charge in [0.05, 0.1) is 12.6 Å². The summed E-state index contributed by atoms with van der Waals surface area (Å²) in [6.45, 7) is 7.70. The number of nitrogens with one attached hydrogen (secondary N) is 1. The van der Waals surface area contributed by atoms with Crippen molar-refractivity contribution in [2.45, 2.75) is 44.7 Å². The van der Waals surface area contributed by atoms with E-state index in [1.807, 2.05) is 0 Å². The average Bonchev–Trinajstić information content (AvgIpc) is 3.10. The van der Waals surface area contributed by atoms with Crippen molar-refractivity contribution in [3.63, 3.8) is 0 Å². The Morgan fingerprint density at radius 1 is 1.30 bits per heavy atom. The SMILES string of the molecule is CC(C)(C(NN)c1ccc2c(c1)CCO2)N1CCCC1. The van der Waals surface area contributed by atoms with Gasteiger partial charge < -0.3 is 4.74 Å². The molecule has 3 rings (SSSR count). The molecule has 2 aliphatic heterocycles. The smallest absolute Gasteiger partial charge is 0.122 e. The molecular weight excluding hydrogens is 250 g/mol. The van der Waals surface area contributed by atoms with Crippen molar-refractivity contribution in [2.75, 3.05) is 19.7 Å². The molecule has 1 fully saturated rings. The molecule has 0 saturated carbocycles. The van der Waals surface area contributed by atoms with Gasteiger partial charge in [-0.25, -0.2) is 0 Å². The third-order valence-electron chi connectivity index (χ3n) is 4.84. The Bertz CT molecular complexity index is 481. The van der Waals surface area contributed by atoms with Crippen LogP contribution in [0.25, 0.3) is 0 Å². The van der Waals surface area contributed by atoms with Crippen molar-refractivity contribution in [3.8, 4) is 5.75 Å². The van der Waals surface area contributed by atoms with E-state index in [9.17, 15) is 0 Å². The van der Waals surface area contributed by atoms with Gasteiger partial charge in [0.15, 0.2) is 0 Å².